The number of rotatable bonds is 22. The standard InChI is InChI=1S/C39H62N4O5S2/c1-11-13-27-40-42-38(9,47-31-17-21-33(22-18-31)49-36(3,4)5)25-15-29-45-35(44)46-30-16-26-39(10,43-41-28-14-12-2)48-32-19-23-34(24-20-32)50-37(6,7)8/h17-24H,11-16,25-30H2,1-10H3/b42-40+,43-41+. The van der Waals surface area contributed by atoms with E-state index < -0.39 is 17.6 Å². The monoisotopic (exact) mass is 730 g/mol. The summed E-state index contributed by atoms with van der Waals surface area (Å²) in [5, 5.41) is 17.9. The third kappa shape index (κ3) is 19.6. The van der Waals surface area contributed by atoms with Gasteiger partial charge >= 0.3 is 6.16 Å². The minimum absolute atomic E-state index is 0.124. The lowest BCUT2D eigenvalue weighted by molar-refractivity contribution is 0.0319. The Morgan fingerprint density at radius 2 is 0.940 bits per heavy atom. The van der Waals surface area contributed by atoms with Crippen molar-refractivity contribution in [2.45, 2.75) is 151 Å². The van der Waals surface area contributed by atoms with Gasteiger partial charge < -0.3 is 18.9 Å². The van der Waals surface area contributed by atoms with Gasteiger partial charge in [-0.1, -0.05) is 68.2 Å². The Morgan fingerprint density at radius 1 is 0.580 bits per heavy atom. The van der Waals surface area contributed by atoms with Crippen molar-refractivity contribution >= 4 is 29.7 Å². The SMILES string of the molecule is CCCC/N=N/C(C)(CCCOC(=O)OCCCC(C)(/N=N/CCCC)Oc1ccc(SC(C)(C)C)cc1)Oc1ccc(SC(C)(C)C)cc1. The largest absolute Gasteiger partial charge is 0.508 e. The van der Waals surface area contributed by atoms with Gasteiger partial charge in [0, 0.05) is 32.1 Å². The smallest absolute Gasteiger partial charge is 0.465 e. The van der Waals surface area contributed by atoms with E-state index in [0.717, 1.165) is 37.2 Å². The Bertz CT molecular complexity index is 1210. The molecule has 0 heterocycles. The Hall–Kier alpha value is -2.79. The molecule has 50 heavy (non-hydrogen) atoms. The minimum atomic E-state index is -0.887. The van der Waals surface area contributed by atoms with Crippen molar-refractivity contribution in [2.24, 2.45) is 20.5 Å². The Labute approximate surface area is 310 Å². The molecule has 2 aromatic carbocycles. The topological polar surface area (TPSA) is 103 Å². The summed E-state index contributed by atoms with van der Waals surface area (Å²) in [5.74, 6) is 1.44. The van der Waals surface area contributed by atoms with Crippen LogP contribution in [0.1, 0.15) is 121 Å². The van der Waals surface area contributed by atoms with Crippen LogP contribution >= 0.6 is 23.5 Å². The van der Waals surface area contributed by atoms with E-state index in [0.29, 0.717) is 38.8 Å². The second-order valence-electron chi connectivity index (χ2n) is 14.7. The molecule has 0 aliphatic heterocycles. The van der Waals surface area contributed by atoms with Crippen molar-refractivity contribution in [2.75, 3.05) is 26.3 Å². The highest BCUT2D eigenvalue weighted by atomic mass is 32.2. The van der Waals surface area contributed by atoms with E-state index in [1.807, 2.05) is 38.1 Å². The third-order valence-corrected chi connectivity index (χ3v) is 9.21. The molecule has 2 atom stereocenters. The van der Waals surface area contributed by atoms with Gasteiger partial charge in [-0.05, 0) is 88.1 Å². The van der Waals surface area contributed by atoms with E-state index in [1.54, 1.807) is 23.5 Å². The average molecular weight is 731 g/mol. The Kier molecular flexibility index (Phi) is 18.7. The molecule has 0 amide bonds. The number of ether oxygens (including phenoxy) is 4. The summed E-state index contributed by atoms with van der Waals surface area (Å²) in [6.07, 6.45) is 5.41. The van der Waals surface area contributed by atoms with Gasteiger partial charge in [0.1, 0.15) is 11.5 Å². The summed E-state index contributed by atoms with van der Waals surface area (Å²) in [7, 11) is 0. The lowest BCUT2D eigenvalue weighted by Gasteiger charge is -2.26. The maximum atomic E-state index is 12.4. The molecule has 0 radical (unpaired) electrons. The van der Waals surface area contributed by atoms with Crippen molar-refractivity contribution in [1.29, 1.82) is 0 Å². The lowest BCUT2D eigenvalue weighted by Crippen LogP contribution is -2.30. The summed E-state index contributed by atoms with van der Waals surface area (Å²) >= 11 is 3.61. The molecule has 2 unspecified atom stereocenters. The van der Waals surface area contributed by atoms with Gasteiger partial charge in [0.15, 0.2) is 0 Å². The van der Waals surface area contributed by atoms with Crippen molar-refractivity contribution < 1.29 is 23.7 Å². The molecule has 0 aliphatic carbocycles. The predicted octanol–water partition coefficient (Wildman–Crippen LogP) is 12.6. The highest BCUT2D eigenvalue weighted by Gasteiger charge is 2.28. The Balaban J connectivity index is 1.88. The van der Waals surface area contributed by atoms with E-state index in [1.165, 1.54) is 9.79 Å². The molecule has 11 heteroatoms. The van der Waals surface area contributed by atoms with Crippen LogP contribution in [0.4, 0.5) is 4.79 Å². The first-order chi connectivity index (χ1) is 23.5. The van der Waals surface area contributed by atoms with Crippen LogP contribution in [0.2, 0.25) is 0 Å². The van der Waals surface area contributed by atoms with Gasteiger partial charge in [-0.15, -0.1) is 33.8 Å². The summed E-state index contributed by atoms with van der Waals surface area (Å²) in [6.45, 7) is 22.9. The van der Waals surface area contributed by atoms with Gasteiger partial charge in [0.2, 0.25) is 11.4 Å². The van der Waals surface area contributed by atoms with Crippen LogP contribution in [-0.4, -0.2) is 53.4 Å². The quantitative estimate of drug-likeness (QED) is 0.0514. The zero-order chi connectivity index (χ0) is 37.1. The molecule has 0 fully saturated rings. The number of hydrogen-bond donors (Lipinski definition) is 0. The fraction of sp³-hybridized carbons (Fsp3) is 0.667. The van der Waals surface area contributed by atoms with Crippen LogP contribution in [0.25, 0.3) is 0 Å². The number of benzene rings is 2. The highest BCUT2D eigenvalue weighted by Crippen LogP contribution is 2.35. The molecule has 9 nitrogen and oxygen atoms in total. The molecule has 0 N–H and O–H groups in total. The fourth-order valence-electron chi connectivity index (χ4n) is 4.62. The molecule has 2 rings (SSSR count). The summed E-state index contributed by atoms with van der Waals surface area (Å²) in [4.78, 5) is 14.8. The number of carbonyl (C=O) groups is 1. The van der Waals surface area contributed by atoms with E-state index in [-0.39, 0.29) is 22.7 Å². The first-order valence-electron chi connectivity index (χ1n) is 18.1. The van der Waals surface area contributed by atoms with E-state index in [9.17, 15) is 4.79 Å². The molecular weight excluding hydrogens is 669 g/mol. The molecule has 0 saturated heterocycles. The van der Waals surface area contributed by atoms with Crippen LogP contribution in [-0.2, 0) is 9.47 Å². The zero-order valence-electron chi connectivity index (χ0n) is 32.3. The normalized spacial score (nSPS) is 14.8. The number of carbonyl (C=O) groups excluding carboxylic acids is 1. The predicted molar refractivity (Wildman–Crippen MR) is 207 cm³/mol. The van der Waals surface area contributed by atoms with Crippen molar-refractivity contribution in [3.8, 4) is 11.5 Å². The van der Waals surface area contributed by atoms with Crippen LogP contribution in [0.5, 0.6) is 11.5 Å². The van der Waals surface area contributed by atoms with E-state index in [4.69, 9.17) is 18.9 Å². The fourth-order valence-corrected chi connectivity index (χ4v) is 6.58. The molecule has 0 spiro atoms. The van der Waals surface area contributed by atoms with E-state index in [2.05, 4.69) is 100 Å². The van der Waals surface area contributed by atoms with Crippen molar-refractivity contribution in [1.82, 2.24) is 0 Å². The number of hydrogen-bond acceptors (Lipinski definition) is 11. The molecule has 280 valence electrons. The van der Waals surface area contributed by atoms with Crippen LogP contribution in [0, 0.1) is 0 Å². The lowest BCUT2D eigenvalue weighted by atomic mass is 10.1. The van der Waals surface area contributed by atoms with Gasteiger partial charge in [0.25, 0.3) is 0 Å². The molecule has 0 bridgehead atoms. The van der Waals surface area contributed by atoms with Gasteiger partial charge in [-0.2, -0.15) is 10.2 Å². The van der Waals surface area contributed by atoms with Crippen molar-refractivity contribution in [3.05, 3.63) is 48.5 Å². The number of thioether (sulfide) groups is 2. The van der Waals surface area contributed by atoms with Gasteiger partial charge in [-0.25, -0.2) is 4.79 Å². The van der Waals surface area contributed by atoms with Crippen LogP contribution in [0.15, 0.2) is 78.8 Å². The molecule has 0 saturated carbocycles. The maximum absolute atomic E-state index is 12.4. The third-order valence-electron chi connectivity index (χ3n) is 6.97. The summed E-state index contributed by atoms with van der Waals surface area (Å²) < 4.78 is 23.7. The molecule has 0 aromatic heterocycles. The van der Waals surface area contributed by atoms with E-state index >= 15 is 0 Å². The average Bonchev–Trinajstić information content (AvgIpc) is 3.03. The second-order valence-corrected chi connectivity index (χ2v) is 18.5. The molecule has 0 aliphatic rings. The number of azo groups is 2. The first-order valence-corrected chi connectivity index (χ1v) is 19.7. The Morgan fingerprint density at radius 3 is 1.26 bits per heavy atom. The maximum Gasteiger partial charge on any atom is 0.508 e. The van der Waals surface area contributed by atoms with Crippen molar-refractivity contribution in [3.63, 3.8) is 0 Å². The first kappa shape index (κ1) is 43.4. The highest BCUT2D eigenvalue weighted by molar-refractivity contribution is 8.00. The second kappa shape index (κ2) is 21.5. The van der Waals surface area contributed by atoms with Crippen LogP contribution in [0.3, 0.4) is 0 Å². The summed E-state index contributed by atoms with van der Waals surface area (Å²) in [6, 6.07) is 16.1. The number of unbranched alkanes of at least 4 members (excludes halogenated alkanes) is 2. The zero-order valence-corrected chi connectivity index (χ0v) is 33.9. The minimum Gasteiger partial charge on any atom is -0.465 e. The molecular formula is C39H62N4O5S2. The van der Waals surface area contributed by atoms with Crippen LogP contribution < -0.4 is 9.47 Å². The van der Waals surface area contributed by atoms with Gasteiger partial charge in [0.05, 0.1) is 26.3 Å². The number of nitrogens with zero attached hydrogens (tertiary/aromatic N) is 4. The van der Waals surface area contributed by atoms with Gasteiger partial charge in [-0.3, -0.25) is 0 Å². The summed E-state index contributed by atoms with van der Waals surface area (Å²) in [5.41, 5.74) is -1.77. The molecule has 2 aromatic rings.